The van der Waals surface area contributed by atoms with Gasteiger partial charge in [-0.25, -0.2) is 9.78 Å². The minimum absolute atomic E-state index is 0.561. The van der Waals surface area contributed by atoms with Crippen molar-refractivity contribution < 1.29 is 4.79 Å². The van der Waals surface area contributed by atoms with Crippen LogP contribution in [0.2, 0.25) is 0 Å². The van der Waals surface area contributed by atoms with Gasteiger partial charge < -0.3 is 0 Å². The van der Waals surface area contributed by atoms with Crippen molar-refractivity contribution in [1.29, 1.82) is 0 Å². The summed E-state index contributed by atoms with van der Waals surface area (Å²) in [5.74, 6) is 0. The van der Waals surface area contributed by atoms with E-state index in [1.807, 2.05) is 0 Å². The number of aromatic nitrogens is 3. The molecule has 15 heavy (non-hydrogen) atoms. The van der Waals surface area contributed by atoms with Crippen LogP contribution in [0.3, 0.4) is 0 Å². The predicted molar refractivity (Wildman–Crippen MR) is 55.7 cm³/mol. The first kappa shape index (κ1) is 9.64. The Labute approximate surface area is 89.6 Å². The fraction of sp³-hybridized carbons (Fsp3) is 0.111. The quantitative estimate of drug-likeness (QED) is 0.570. The second-order valence-corrected chi connectivity index (χ2v) is 3.68. The molecule has 0 saturated heterocycles. The maximum atomic E-state index is 10.1. The van der Waals surface area contributed by atoms with Crippen molar-refractivity contribution in [2.75, 3.05) is 0 Å². The molecule has 5 nitrogen and oxygen atoms in total. The van der Waals surface area contributed by atoms with Crippen LogP contribution in [0.15, 0.2) is 23.6 Å². The molecule has 6 heteroatoms. The molecule has 0 unspecified atom stereocenters. The standard InChI is InChI=1S/C9H6N4OS/c1-6-8(12-5-14)15-9(13-6)7-4-10-2-3-11-7/h2-4H,1H3. The van der Waals surface area contributed by atoms with Crippen molar-refractivity contribution in [2.24, 2.45) is 4.99 Å². The first-order chi connectivity index (χ1) is 7.31. The van der Waals surface area contributed by atoms with Crippen LogP contribution in [0.4, 0.5) is 5.00 Å². The highest BCUT2D eigenvalue weighted by atomic mass is 32.1. The largest absolute Gasteiger partial charge is 0.261 e. The number of rotatable bonds is 2. The van der Waals surface area contributed by atoms with Crippen molar-refractivity contribution in [2.45, 2.75) is 6.92 Å². The zero-order chi connectivity index (χ0) is 10.7. The van der Waals surface area contributed by atoms with Gasteiger partial charge in [0.1, 0.15) is 10.7 Å². The van der Waals surface area contributed by atoms with Gasteiger partial charge in [0, 0.05) is 12.4 Å². The molecule has 2 heterocycles. The third-order valence-electron chi connectivity index (χ3n) is 1.70. The molecule has 2 rings (SSSR count). The Morgan fingerprint density at radius 2 is 2.33 bits per heavy atom. The van der Waals surface area contributed by atoms with Gasteiger partial charge in [-0.2, -0.15) is 4.99 Å². The summed E-state index contributed by atoms with van der Waals surface area (Å²) in [6.07, 6.45) is 6.30. The highest BCUT2D eigenvalue weighted by Crippen LogP contribution is 2.31. The van der Waals surface area contributed by atoms with E-state index in [9.17, 15) is 4.79 Å². The predicted octanol–water partition coefficient (Wildman–Crippen LogP) is 1.88. The van der Waals surface area contributed by atoms with E-state index in [0.717, 1.165) is 0 Å². The summed E-state index contributed by atoms with van der Waals surface area (Å²) in [4.78, 5) is 26.0. The van der Waals surface area contributed by atoms with Gasteiger partial charge in [0.15, 0.2) is 5.00 Å². The zero-order valence-electron chi connectivity index (χ0n) is 7.84. The molecule has 2 aromatic rings. The number of aliphatic imine (C=N–C) groups is 1. The Morgan fingerprint density at radius 3 is 3.00 bits per heavy atom. The number of aryl methyl sites for hydroxylation is 1. The molecule has 0 atom stereocenters. The summed E-state index contributed by atoms with van der Waals surface area (Å²) in [6, 6.07) is 0. The summed E-state index contributed by atoms with van der Waals surface area (Å²) >= 11 is 1.29. The molecule has 0 N–H and O–H groups in total. The normalized spacial score (nSPS) is 9.67. The summed E-state index contributed by atoms with van der Waals surface area (Å²) in [6.45, 7) is 1.78. The minimum Gasteiger partial charge on any atom is -0.261 e. The van der Waals surface area contributed by atoms with Crippen LogP contribution in [0.25, 0.3) is 10.7 Å². The van der Waals surface area contributed by atoms with Crippen LogP contribution in [-0.4, -0.2) is 21.0 Å². The van der Waals surface area contributed by atoms with Gasteiger partial charge in [0.05, 0.1) is 11.9 Å². The Balaban J connectivity index is 2.47. The molecule has 0 radical (unpaired) electrons. The fourth-order valence-electron chi connectivity index (χ4n) is 1.05. The average Bonchev–Trinajstić information content (AvgIpc) is 2.63. The van der Waals surface area contributed by atoms with Gasteiger partial charge in [-0.3, -0.25) is 9.97 Å². The number of hydrogen-bond acceptors (Lipinski definition) is 6. The average molecular weight is 218 g/mol. The maximum absolute atomic E-state index is 10.1. The number of isocyanates is 1. The Bertz CT molecular complexity index is 516. The Morgan fingerprint density at radius 1 is 1.47 bits per heavy atom. The topological polar surface area (TPSA) is 68.1 Å². The molecule has 0 aromatic carbocycles. The third kappa shape index (κ3) is 1.96. The van der Waals surface area contributed by atoms with E-state index >= 15 is 0 Å². The molecule has 0 amide bonds. The van der Waals surface area contributed by atoms with E-state index in [-0.39, 0.29) is 0 Å². The lowest BCUT2D eigenvalue weighted by Gasteiger charge is -1.90. The van der Waals surface area contributed by atoms with Gasteiger partial charge in [-0.15, -0.1) is 0 Å². The molecule has 0 aliphatic heterocycles. The van der Waals surface area contributed by atoms with Gasteiger partial charge in [-0.05, 0) is 6.92 Å². The summed E-state index contributed by atoms with van der Waals surface area (Å²) < 4.78 is 0. The summed E-state index contributed by atoms with van der Waals surface area (Å²) in [5.41, 5.74) is 1.38. The molecule has 0 saturated carbocycles. The van der Waals surface area contributed by atoms with Gasteiger partial charge in [-0.1, -0.05) is 11.3 Å². The highest BCUT2D eigenvalue weighted by molar-refractivity contribution is 7.18. The first-order valence-corrected chi connectivity index (χ1v) is 4.94. The van der Waals surface area contributed by atoms with Crippen molar-refractivity contribution >= 4 is 22.4 Å². The number of hydrogen-bond donors (Lipinski definition) is 0. The van der Waals surface area contributed by atoms with Crippen LogP contribution in [0.1, 0.15) is 5.69 Å². The van der Waals surface area contributed by atoms with Crippen LogP contribution in [-0.2, 0) is 4.79 Å². The second-order valence-electron chi connectivity index (χ2n) is 2.70. The smallest absolute Gasteiger partial charge is 0.241 e. The van der Waals surface area contributed by atoms with Crippen LogP contribution < -0.4 is 0 Å². The fourth-order valence-corrected chi connectivity index (χ4v) is 1.90. The van der Waals surface area contributed by atoms with Crippen LogP contribution in [0.5, 0.6) is 0 Å². The highest BCUT2D eigenvalue weighted by Gasteiger charge is 2.09. The molecule has 0 aliphatic rings. The van der Waals surface area contributed by atoms with Crippen LogP contribution >= 0.6 is 11.3 Å². The number of thiazole rings is 1. The van der Waals surface area contributed by atoms with Crippen LogP contribution in [0, 0.1) is 6.92 Å². The van der Waals surface area contributed by atoms with E-state index in [1.165, 1.54) is 17.4 Å². The zero-order valence-corrected chi connectivity index (χ0v) is 8.65. The molecular weight excluding hydrogens is 212 g/mol. The van der Waals surface area contributed by atoms with Gasteiger partial charge >= 0.3 is 0 Å². The van der Waals surface area contributed by atoms with Gasteiger partial charge in [0.2, 0.25) is 6.08 Å². The molecule has 0 spiro atoms. The maximum Gasteiger partial charge on any atom is 0.241 e. The minimum atomic E-state index is 0.561. The molecular formula is C9H6N4OS. The van der Waals surface area contributed by atoms with Crippen molar-refractivity contribution in [3.63, 3.8) is 0 Å². The summed E-state index contributed by atoms with van der Waals surface area (Å²) in [5, 5.41) is 1.26. The first-order valence-electron chi connectivity index (χ1n) is 4.13. The van der Waals surface area contributed by atoms with Crippen molar-refractivity contribution in [3.8, 4) is 10.7 Å². The van der Waals surface area contributed by atoms with E-state index in [4.69, 9.17) is 0 Å². The Kier molecular flexibility index (Phi) is 2.62. The summed E-state index contributed by atoms with van der Waals surface area (Å²) in [7, 11) is 0. The van der Waals surface area contributed by atoms with Crippen molar-refractivity contribution in [3.05, 3.63) is 24.3 Å². The molecule has 2 aromatic heterocycles. The SMILES string of the molecule is Cc1nc(-c2cnccn2)sc1N=C=O. The third-order valence-corrected chi connectivity index (χ3v) is 2.78. The molecule has 74 valence electrons. The van der Waals surface area contributed by atoms with E-state index in [0.29, 0.717) is 21.4 Å². The molecule has 0 fully saturated rings. The lowest BCUT2D eigenvalue weighted by molar-refractivity contribution is 0.565. The van der Waals surface area contributed by atoms with Crippen molar-refractivity contribution in [1.82, 2.24) is 15.0 Å². The van der Waals surface area contributed by atoms with E-state index in [2.05, 4.69) is 19.9 Å². The van der Waals surface area contributed by atoms with E-state index < -0.39 is 0 Å². The second kappa shape index (κ2) is 4.08. The molecule has 0 bridgehead atoms. The molecule has 0 aliphatic carbocycles. The van der Waals surface area contributed by atoms with Gasteiger partial charge in [0.25, 0.3) is 0 Å². The lowest BCUT2D eigenvalue weighted by Crippen LogP contribution is -1.82. The number of carbonyl (C=O) groups excluding carboxylic acids is 1. The lowest BCUT2D eigenvalue weighted by atomic mass is 10.4. The Hall–Kier alpha value is -1.91. The monoisotopic (exact) mass is 218 g/mol. The van der Waals surface area contributed by atoms with E-state index in [1.54, 1.807) is 25.5 Å². The number of nitrogens with zero attached hydrogens (tertiary/aromatic N) is 4.